The lowest BCUT2D eigenvalue weighted by Crippen LogP contribution is -2.39. The summed E-state index contributed by atoms with van der Waals surface area (Å²) < 4.78 is 0. The molecule has 19 heavy (non-hydrogen) atoms. The minimum absolute atomic E-state index is 0.0310. The van der Waals surface area contributed by atoms with Crippen LogP contribution < -0.4 is 5.73 Å². The summed E-state index contributed by atoms with van der Waals surface area (Å²) in [4.78, 5) is 14.2. The van der Waals surface area contributed by atoms with Gasteiger partial charge in [0.1, 0.15) is 5.75 Å². The van der Waals surface area contributed by atoms with Crippen molar-refractivity contribution >= 4 is 11.6 Å². The highest BCUT2D eigenvalue weighted by Crippen LogP contribution is 2.28. The van der Waals surface area contributed by atoms with Gasteiger partial charge in [-0.3, -0.25) is 4.79 Å². The van der Waals surface area contributed by atoms with Crippen LogP contribution in [-0.2, 0) is 0 Å². The molecule has 0 aromatic heterocycles. The summed E-state index contributed by atoms with van der Waals surface area (Å²) in [7, 11) is 1.84. The summed E-state index contributed by atoms with van der Waals surface area (Å²) in [6.45, 7) is 2.26. The molecule has 0 unspecified atom stereocenters. The van der Waals surface area contributed by atoms with Gasteiger partial charge in [0, 0.05) is 18.7 Å². The molecule has 1 fully saturated rings. The van der Waals surface area contributed by atoms with Crippen molar-refractivity contribution in [2.75, 3.05) is 12.8 Å². The van der Waals surface area contributed by atoms with Gasteiger partial charge in [0.2, 0.25) is 0 Å². The highest BCUT2D eigenvalue weighted by molar-refractivity contribution is 5.95. The maximum Gasteiger partial charge on any atom is 0.253 e. The van der Waals surface area contributed by atoms with Crippen LogP contribution in [0.3, 0.4) is 0 Å². The van der Waals surface area contributed by atoms with Crippen LogP contribution in [0, 0.1) is 5.92 Å². The third-order valence-corrected chi connectivity index (χ3v) is 4.13. The molecule has 1 aromatic rings. The molecule has 1 aromatic carbocycles. The first-order chi connectivity index (χ1) is 8.99. The molecule has 1 saturated carbocycles. The second kappa shape index (κ2) is 5.51. The van der Waals surface area contributed by atoms with E-state index < -0.39 is 0 Å². The average molecular weight is 262 g/mol. The molecule has 0 aliphatic heterocycles. The number of nitrogens with two attached hydrogens (primary N) is 1. The number of carbonyl (C=O) groups is 1. The van der Waals surface area contributed by atoms with Gasteiger partial charge in [-0.2, -0.15) is 0 Å². The maximum atomic E-state index is 12.4. The van der Waals surface area contributed by atoms with E-state index in [1.165, 1.54) is 18.9 Å². The molecule has 0 radical (unpaired) electrons. The molecule has 0 spiro atoms. The van der Waals surface area contributed by atoms with Crippen molar-refractivity contribution in [3.05, 3.63) is 23.8 Å². The molecule has 104 valence electrons. The number of hydrogen-bond acceptors (Lipinski definition) is 3. The summed E-state index contributed by atoms with van der Waals surface area (Å²) in [6.07, 6.45) is 4.47. The summed E-state index contributed by atoms with van der Waals surface area (Å²) in [5.74, 6) is 0.687. The van der Waals surface area contributed by atoms with Crippen LogP contribution in [0.4, 0.5) is 5.69 Å². The molecule has 2 rings (SSSR count). The molecule has 1 aliphatic rings. The van der Waals surface area contributed by atoms with E-state index in [0.29, 0.717) is 17.3 Å². The van der Waals surface area contributed by atoms with E-state index in [0.717, 1.165) is 18.8 Å². The fraction of sp³-hybridized carbons (Fsp3) is 0.533. The lowest BCUT2D eigenvalue weighted by atomic mass is 9.86. The molecule has 0 atom stereocenters. The first kappa shape index (κ1) is 13.7. The molecule has 4 nitrogen and oxygen atoms in total. The van der Waals surface area contributed by atoms with Crippen LogP contribution in [-0.4, -0.2) is 29.0 Å². The van der Waals surface area contributed by atoms with Gasteiger partial charge in [-0.15, -0.1) is 0 Å². The zero-order chi connectivity index (χ0) is 14.0. The third-order valence-electron chi connectivity index (χ3n) is 4.13. The van der Waals surface area contributed by atoms with E-state index in [1.807, 2.05) is 7.05 Å². The molecular formula is C15H22N2O2. The number of carbonyl (C=O) groups excluding carboxylic acids is 1. The molecule has 1 aliphatic carbocycles. The summed E-state index contributed by atoms with van der Waals surface area (Å²) in [5.41, 5.74) is 6.34. The van der Waals surface area contributed by atoms with Gasteiger partial charge in [0.05, 0.1) is 5.69 Å². The van der Waals surface area contributed by atoms with E-state index in [9.17, 15) is 9.90 Å². The zero-order valence-corrected chi connectivity index (χ0v) is 11.6. The van der Waals surface area contributed by atoms with Crippen molar-refractivity contribution < 1.29 is 9.90 Å². The number of aromatic hydroxyl groups is 1. The second-order valence-electron chi connectivity index (χ2n) is 5.60. The number of nitrogens with zero attached hydrogens (tertiary/aromatic N) is 1. The van der Waals surface area contributed by atoms with Gasteiger partial charge in [0.15, 0.2) is 0 Å². The van der Waals surface area contributed by atoms with Gasteiger partial charge in [-0.05, 0) is 49.8 Å². The van der Waals surface area contributed by atoms with Gasteiger partial charge in [-0.1, -0.05) is 6.92 Å². The summed E-state index contributed by atoms with van der Waals surface area (Å²) in [5, 5.41) is 9.58. The van der Waals surface area contributed by atoms with Crippen molar-refractivity contribution in [3.63, 3.8) is 0 Å². The lowest BCUT2D eigenvalue weighted by Gasteiger charge is -2.33. The molecule has 0 bridgehead atoms. The molecule has 0 heterocycles. The van der Waals surface area contributed by atoms with Crippen molar-refractivity contribution in [2.45, 2.75) is 38.6 Å². The maximum absolute atomic E-state index is 12.4. The number of hydrogen-bond donors (Lipinski definition) is 2. The van der Waals surface area contributed by atoms with Crippen LogP contribution in [0.25, 0.3) is 0 Å². The number of nitrogen functional groups attached to an aromatic ring is 1. The van der Waals surface area contributed by atoms with Crippen LogP contribution in [0.15, 0.2) is 18.2 Å². The predicted octanol–water partition coefficient (Wildman–Crippen LogP) is 2.63. The Morgan fingerprint density at radius 3 is 2.53 bits per heavy atom. The van der Waals surface area contributed by atoms with Crippen LogP contribution >= 0.6 is 0 Å². The smallest absolute Gasteiger partial charge is 0.253 e. The number of phenolic OH excluding ortho intramolecular Hbond substituents is 1. The molecular weight excluding hydrogens is 240 g/mol. The Balaban J connectivity index is 2.08. The Labute approximate surface area is 114 Å². The van der Waals surface area contributed by atoms with E-state index in [-0.39, 0.29) is 11.7 Å². The Morgan fingerprint density at radius 2 is 1.95 bits per heavy atom. The van der Waals surface area contributed by atoms with E-state index in [1.54, 1.807) is 17.0 Å². The number of anilines is 1. The third kappa shape index (κ3) is 3.00. The van der Waals surface area contributed by atoms with Crippen molar-refractivity contribution in [3.8, 4) is 5.75 Å². The summed E-state index contributed by atoms with van der Waals surface area (Å²) >= 11 is 0. The SMILES string of the molecule is CC1CCC(N(C)C(=O)c2ccc(N)c(O)c2)CC1. The average Bonchev–Trinajstić information content (AvgIpc) is 2.41. The van der Waals surface area contributed by atoms with E-state index >= 15 is 0 Å². The fourth-order valence-electron chi connectivity index (χ4n) is 2.68. The molecule has 4 heteroatoms. The summed E-state index contributed by atoms with van der Waals surface area (Å²) in [6, 6.07) is 4.99. The quantitative estimate of drug-likeness (QED) is 0.636. The van der Waals surface area contributed by atoms with Crippen LogP contribution in [0.2, 0.25) is 0 Å². The number of phenols is 1. The second-order valence-corrected chi connectivity index (χ2v) is 5.60. The molecule has 3 N–H and O–H groups in total. The van der Waals surface area contributed by atoms with Crippen molar-refractivity contribution in [2.24, 2.45) is 5.92 Å². The monoisotopic (exact) mass is 262 g/mol. The highest BCUT2D eigenvalue weighted by atomic mass is 16.3. The Morgan fingerprint density at radius 1 is 1.32 bits per heavy atom. The Kier molecular flexibility index (Phi) is 3.98. The normalized spacial score (nSPS) is 23.1. The molecule has 1 amide bonds. The lowest BCUT2D eigenvalue weighted by molar-refractivity contribution is 0.0679. The number of amides is 1. The van der Waals surface area contributed by atoms with Crippen molar-refractivity contribution in [1.29, 1.82) is 0 Å². The van der Waals surface area contributed by atoms with Gasteiger partial charge in [-0.25, -0.2) is 0 Å². The van der Waals surface area contributed by atoms with Gasteiger partial charge >= 0.3 is 0 Å². The standard InChI is InChI=1S/C15H22N2O2/c1-10-3-6-12(7-4-10)17(2)15(19)11-5-8-13(16)14(18)9-11/h5,8-10,12,18H,3-4,6-7,16H2,1-2H3. The van der Waals surface area contributed by atoms with E-state index in [4.69, 9.17) is 5.73 Å². The van der Waals surface area contributed by atoms with Crippen LogP contribution in [0.1, 0.15) is 43.0 Å². The van der Waals surface area contributed by atoms with Gasteiger partial charge < -0.3 is 15.7 Å². The first-order valence-corrected chi connectivity index (χ1v) is 6.84. The number of rotatable bonds is 2. The van der Waals surface area contributed by atoms with E-state index in [2.05, 4.69) is 6.92 Å². The topological polar surface area (TPSA) is 66.6 Å². The van der Waals surface area contributed by atoms with Crippen LogP contribution in [0.5, 0.6) is 5.75 Å². The first-order valence-electron chi connectivity index (χ1n) is 6.84. The highest BCUT2D eigenvalue weighted by Gasteiger charge is 2.25. The van der Waals surface area contributed by atoms with Gasteiger partial charge in [0.25, 0.3) is 5.91 Å². The predicted molar refractivity (Wildman–Crippen MR) is 76.0 cm³/mol. The number of benzene rings is 1. The zero-order valence-electron chi connectivity index (χ0n) is 11.6. The fourth-order valence-corrected chi connectivity index (χ4v) is 2.68. The Bertz CT molecular complexity index is 465. The largest absolute Gasteiger partial charge is 0.506 e. The minimum atomic E-state index is -0.0464. The molecule has 0 saturated heterocycles. The minimum Gasteiger partial charge on any atom is -0.506 e. The van der Waals surface area contributed by atoms with Crippen molar-refractivity contribution in [1.82, 2.24) is 4.90 Å². The Hall–Kier alpha value is -1.71.